The number of hydrogen-bond acceptors (Lipinski definition) is 5. The highest BCUT2D eigenvalue weighted by Gasteiger charge is 2.33. The van der Waals surface area contributed by atoms with Gasteiger partial charge in [-0.25, -0.2) is 0 Å². The molecule has 5 heteroatoms. The number of fused-ring (bicyclic) bond motifs is 3. The second kappa shape index (κ2) is 4.70. The Labute approximate surface area is 121 Å². The molecule has 1 aliphatic rings. The molecular formula is C16H13NO4. The van der Waals surface area contributed by atoms with Crippen molar-refractivity contribution in [3.05, 3.63) is 41.1 Å². The Morgan fingerprint density at radius 2 is 1.95 bits per heavy atom. The van der Waals surface area contributed by atoms with E-state index in [2.05, 4.69) is 4.98 Å². The minimum Gasteiger partial charge on any atom is -0.492 e. The lowest BCUT2D eigenvalue weighted by molar-refractivity contribution is -0.132. The van der Waals surface area contributed by atoms with Gasteiger partial charge < -0.3 is 9.47 Å². The molecule has 0 saturated heterocycles. The number of pyridine rings is 1. The molecule has 0 atom stereocenters. The molecule has 1 aromatic heterocycles. The van der Waals surface area contributed by atoms with Crippen LogP contribution in [0.25, 0.3) is 11.3 Å². The first kappa shape index (κ1) is 13.3. The second-order valence-electron chi connectivity index (χ2n) is 4.79. The fourth-order valence-electron chi connectivity index (χ4n) is 2.59. The summed E-state index contributed by atoms with van der Waals surface area (Å²) in [6.45, 7) is 3.18. The predicted octanol–water partition coefficient (Wildman–Crippen LogP) is 2.54. The minimum absolute atomic E-state index is 0.0849. The number of hydrogen-bond donors (Lipinski definition) is 0. The van der Waals surface area contributed by atoms with Gasteiger partial charge in [0.2, 0.25) is 0 Å². The van der Waals surface area contributed by atoms with E-state index in [4.69, 9.17) is 9.47 Å². The molecule has 106 valence electrons. The van der Waals surface area contributed by atoms with Crippen LogP contribution in [0.2, 0.25) is 0 Å². The standard InChI is InChI=1S/C16H13NO4/c1-8-6-7-17-14-12(8)15(19)10-4-5-11(21-9(2)18)16(20-3)13(10)14/h4-7H,1-3H3. The highest BCUT2D eigenvalue weighted by atomic mass is 16.6. The number of aryl methyl sites for hydroxylation is 1. The quantitative estimate of drug-likeness (QED) is 0.534. The van der Waals surface area contributed by atoms with Crippen molar-refractivity contribution < 1.29 is 19.1 Å². The molecule has 1 aliphatic carbocycles. The molecule has 0 radical (unpaired) electrons. The number of carbonyl (C=O) groups is 2. The van der Waals surface area contributed by atoms with Gasteiger partial charge in [0, 0.05) is 18.7 Å². The number of rotatable bonds is 2. The van der Waals surface area contributed by atoms with E-state index in [1.807, 2.05) is 6.92 Å². The third-order valence-electron chi connectivity index (χ3n) is 3.45. The van der Waals surface area contributed by atoms with Gasteiger partial charge in [0.1, 0.15) is 0 Å². The smallest absolute Gasteiger partial charge is 0.308 e. The first-order chi connectivity index (χ1) is 10.0. The van der Waals surface area contributed by atoms with E-state index < -0.39 is 5.97 Å². The molecule has 1 heterocycles. The fourth-order valence-corrected chi connectivity index (χ4v) is 2.59. The largest absolute Gasteiger partial charge is 0.492 e. The van der Waals surface area contributed by atoms with Crippen LogP contribution >= 0.6 is 0 Å². The molecule has 0 saturated carbocycles. The van der Waals surface area contributed by atoms with Crippen LogP contribution in [-0.4, -0.2) is 23.8 Å². The summed E-state index contributed by atoms with van der Waals surface area (Å²) in [4.78, 5) is 28.0. The van der Waals surface area contributed by atoms with Gasteiger partial charge in [0.25, 0.3) is 0 Å². The van der Waals surface area contributed by atoms with Crippen molar-refractivity contribution in [1.82, 2.24) is 4.98 Å². The number of esters is 1. The molecule has 5 nitrogen and oxygen atoms in total. The van der Waals surface area contributed by atoms with Gasteiger partial charge in [0.15, 0.2) is 17.3 Å². The van der Waals surface area contributed by atoms with Gasteiger partial charge in [-0.15, -0.1) is 0 Å². The molecule has 0 N–H and O–H groups in total. The molecule has 0 unspecified atom stereocenters. The zero-order valence-corrected chi connectivity index (χ0v) is 11.9. The number of ketones is 1. The van der Waals surface area contributed by atoms with Crippen LogP contribution in [0.1, 0.15) is 28.4 Å². The topological polar surface area (TPSA) is 65.5 Å². The van der Waals surface area contributed by atoms with Gasteiger partial charge in [-0.05, 0) is 30.7 Å². The number of nitrogens with zero attached hydrogens (tertiary/aromatic N) is 1. The Bertz CT molecular complexity index is 780. The monoisotopic (exact) mass is 283 g/mol. The molecule has 0 amide bonds. The van der Waals surface area contributed by atoms with Crippen LogP contribution in [0.15, 0.2) is 24.4 Å². The van der Waals surface area contributed by atoms with E-state index in [0.29, 0.717) is 28.1 Å². The van der Waals surface area contributed by atoms with Crippen LogP contribution in [0.4, 0.5) is 0 Å². The Morgan fingerprint density at radius 3 is 2.62 bits per heavy atom. The first-order valence-electron chi connectivity index (χ1n) is 6.44. The fraction of sp³-hybridized carbons (Fsp3) is 0.188. The van der Waals surface area contributed by atoms with E-state index in [-0.39, 0.29) is 11.5 Å². The summed E-state index contributed by atoms with van der Waals surface area (Å²) in [6.07, 6.45) is 1.65. The zero-order valence-electron chi connectivity index (χ0n) is 11.9. The first-order valence-corrected chi connectivity index (χ1v) is 6.44. The summed E-state index contributed by atoms with van der Waals surface area (Å²) in [7, 11) is 1.47. The molecule has 2 aromatic rings. The van der Waals surface area contributed by atoms with E-state index in [1.54, 1.807) is 24.4 Å². The highest BCUT2D eigenvalue weighted by Crippen LogP contribution is 2.46. The molecule has 1 aromatic carbocycles. The number of benzene rings is 1. The van der Waals surface area contributed by atoms with Gasteiger partial charge in [-0.1, -0.05) is 0 Å². The highest BCUT2D eigenvalue weighted by molar-refractivity contribution is 6.22. The summed E-state index contributed by atoms with van der Waals surface area (Å²) >= 11 is 0. The van der Waals surface area contributed by atoms with Crippen molar-refractivity contribution >= 4 is 11.8 Å². The zero-order chi connectivity index (χ0) is 15.1. The van der Waals surface area contributed by atoms with Crippen molar-refractivity contribution in [2.45, 2.75) is 13.8 Å². The summed E-state index contributed by atoms with van der Waals surface area (Å²) < 4.78 is 10.5. The van der Waals surface area contributed by atoms with Crippen LogP contribution in [0, 0.1) is 6.92 Å². The SMILES string of the molecule is COc1c(OC(C)=O)ccc2c1-c1nccc(C)c1C2=O. The Balaban J connectivity index is 2.31. The maximum absolute atomic E-state index is 12.5. The lowest BCUT2D eigenvalue weighted by Crippen LogP contribution is -2.04. The van der Waals surface area contributed by atoms with Gasteiger partial charge >= 0.3 is 5.97 Å². The second-order valence-corrected chi connectivity index (χ2v) is 4.79. The van der Waals surface area contributed by atoms with Gasteiger partial charge in [-0.2, -0.15) is 0 Å². The molecule has 0 bridgehead atoms. The Kier molecular flexibility index (Phi) is 2.97. The van der Waals surface area contributed by atoms with Crippen LogP contribution in [0.3, 0.4) is 0 Å². The molecule has 0 fully saturated rings. The van der Waals surface area contributed by atoms with Crippen LogP contribution in [-0.2, 0) is 4.79 Å². The maximum atomic E-state index is 12.5. The molecule has 3 rings (SSSR count). The summed E-state index contributed by atoms with van der Waals surface area (Å²) in [5.74, 6) is 0.105. The normalized spacial score (nSPS) is 11.9. The third kappa shape index (κ3) is 1.89. The van der Waals surface area contributed by atoms with Crippen molar-refractivity contribution in [2.24, 2.45) is 0 Å². The van der Waals surface area contributed by atoms with E-state index in [0.717, 1.165) is 5.56 Å². The Hall–Kier alpha value is -2.69. The van der Waals surface area contributed by atoms with Gasteiger partial charge in [0.05, 0.1) is 23.9 Å². The Morgan fingerprint density at radius 1 is 1.19 bits per heavy atom. The summed E-state index contributed by atoms with van der Waals surface area (Å²) in [6, 6.07) is 5.00. The summed E-state index contributed by atoms with van der Waals surface area (Å²) in [5, 5.41) is 0. The third-order valence-corrected chi connectivity index (χ3v) is 3.45. The number of ether oxygens (including phenoxy) is 2. The number of carbonyl (C=O) groups excluding carboxylic acids is 2. The average molecular weight is 283 g/mol. The lowest BCUT2D eigenvalue weighted by Gasteiger charge is -2.12. The van der Waals surface area contributed by atoms with Crippen molar-refractivity contribution in [2.75, 3.05) is 7.11 Å². The number of aromatic nitrogens is 1. The number of methoxy groups -OCH3 is 1. The van der Waals surface area contributed by atoms with E-state index in [9.17, 15) is 9.59 Å². The maximum Gasteiger partial charge on any atom is 0.308 e. The molecule has 21 heavy (non-hydrogen) atoms. The molecule has 0 spiro atoms. The van der Waals surface area contributed by atoms with Crippen molar-refractivity contribution in [1.29, 1.82) is 0 Å². The van der Waals surface area contributed by atoms with E-state index in [1.165, 1.54) is 14.0 Å². The van der Waals surface area contributed by atoms with Crippen molar-refractivity contribution in [3.63, 3.8) is 0 Å². The van der Waals surface area contributed by atoms with Crippen LogP contribution in [0.5, 0.6) is 11.5 Å². The van der Waals surface area contributed by atoms with Gasteiger partial charge in [-0.3, -0.25) is 14.6 Å². The lowest BCUT2D eigenvalue weighted by atomic mass is 10.1. The molecular weight excluding hydrogens is 270 g/mol. The van der Waals surface area contributed by atoms with E-state index >= 15 is 0 Å². The van der Waals surface area contributed by atoms with Crippen molar-refractivity contribution in [3.8, 4) is 22.8 Å². The molecule has 0 aliphatic heterocycles. The minimum atomic E-state index is -0.449. The van der Waals surface area contributed by atoms with Crippen LogP contribution < -0.4 is 9.47 Å². The average Bonchev–Trinajstić information content (AvgIpc) is 2.73. The summed E-state index contributed by atoms with van der Waals surface area (Å²) in [5.41, 5.74) is 3.10. The predicted molar refractivity (Wildman–Crippen MR) is 75.7 cm³/mol.